The first-order valence-electron chi connectivity index (χ1n) is 9.66. The highest BCUT2D eigenvalue weighted by Gasteiger charge is 2.28. The number of fused-ring (bicyclic) bond motifs is 1. The lowest BCUT2D eigenvalue weighted by molar-refractivity contribution is -0.149. The molecule has 0 atom stereocenters. The molecule has 1 fully saturated rings. The topological polar surface area (TPSA) is 64.4 Å². The Bertz CT molecular complexity index is 989. The van der Waals surface area contributed by atoms with Crippen molar-refractivity contribution in [2.24, 2.45) is 5.92 Å². The van der Waals surface area contributed by atoms with Gasteiger partial charge in [-0.1, -0.05) is 18.2 Å². The zero-order valence-corrected chi connectivity index (χ0v) is 15.9. The quantitative estimate of drug-likeness (QED) is 0.654. The number of ether oxygens (including phenoxy) is 1. The highest BCUT2D eigenvalue weighted by atomic mass is 16.5. The Hall–Kier alpha value is -3.15. The number of hydrogen-bond donors (Lipinski definition) is 0. The van der Waals surface area contributed by atoms with E-state index in [1.54, 1.807) is 6.33 Å². The molecule has 0 spiro atoms. The van der Waals surface area contributed by atoms with Gasteiger partial charge in [-0.25, -0.2) is 4.98 Å². The first-order valence-corrected chi connectivity index (χ1v) is 9.66. The number of hydrogen-bond acceptors (Lipinski definition) is 4. The summed E-state index contributed by atoms with van der Waals surface area (Å²) in [5, 5.41) is 0. The van der Waals surface area contributed by atoms with Crippen molar-refractivity contribution in [2.75, 3.05) is 19.7 Å². The summed E-state index contributed by atoms with van der Waals surface area (Å²) in [6.07, 6.45) is 3.07. The van der Waals surface area contributed by atoms with E-state index in [-0.39, 0.29) is 17.8 Å². The van der Waals surface area contributed by atoms with Crippen LogP contribution in [0.15, 0.2) is 54.9 Å². The molecule has 6 heteroatoms. The number of carbonyl (C=O) groups excluding carboxylic acids is 2. The number of carbonyl (C=O) groups is 2. The first-order chi connectivity index (χ1) is 13.7. The van der Waals surface area contributed by atoms with Gasteiger partial charge in [-0.2, -0.15) is 0 Å². The average molecular weight is 377 g/mol. The molecule has 1 aromatic heterocycles. The Labute approximate surface area is 163 Å². The van der Waals surface area contributed by atoms with Crippen molar-refractivity contribution in [3.63, 3.8) is 0 Å². The zero-order chi connectivity index (χ0) is 19.5. The van der Waals surface area contributed by atoms with Crippen LogP contribution in [0.1, 0.15) is 30.1 Å². The zero-order valence-electron chi connectivity index (χ0n) is 15.9. The lowest BCUT2D eigenvalue weighted by Crippen LogP contribution is -2.40. The number of piperidine rings is 1. The fourth-order valence-electron chi connectivity index (χ4n) is 3.70. The molecule has 0 radical (unpaired) electrons. The van der Waals surface area contributed by atoms with E-state index in [9.17, 15) is 9.59 Å². The second-order valence-electron chi connectivity index (χ2n) is 6.97. The van der Waals surface area contributed by atoms with Crippen molar-refractivity contribution in [2.45, 2.75) is 19.8 Å². The van der Waals surface area contributed by atoms with E-state index in [1.165, 1.54) is 0 Å². The molecule has 1 aliphatic rings. The van der Waals surface area contributed by atoms with Crippen LogP contribution in [-0.4, -0.2) is 46.0 Å². The van der Waals surface area contributed by atoms with Crippen LogP contribution in [0.3, 0.4) is 0 Å². The van der Waals surface area contributed by atoms with Gasteiger partial charge in [-0.05, 0) is 50.1 Å². The minimum atomic E-state index is -0.150. The summed E-state index contributed by atoms with van der Waals surface area (Å²) < 4.78 is 7.10. The van der Waals surface area contributed by atoms with Crippen molar-refractivity contribution in [3.8, 4) is 5.69 Å². The van der Waals surface area contributed by atoms with Crippen LogP contribution >= 0.6 is 0 Å². The molecule has 1 amide bonds. The van der Waals surface area contributed by atoms with Gasteiger partial charge in [0.05, 0.1) is 23.6 Å². The normalized spacial score (nSPS) is 15.0. The van der Waals surface area contributed by atoms with Gasteiger partial charge in [0.1, 0.15) is 6.33 Å². The van der Waals surface area contributed by atoms with Gasteiger partial charge in [-0.15, -0.1) is 0 Å². The molecule has 0 unspecified atom stereocenters. The highest BCUT2D eigenvalue weighted by Crippen LogP contribution is 2.23. The molecule has 28 heavy (non-hydrogen) atoms. The molecule has 0 N–H and O–H groups in total. The number of nitrogens with zero attached hydrogens (tertiary/aromatic N) is 3. The largest absolute Gasteiger partial charge is 0.466 e. The van der Waals surface area contributed by atoms with Gasteiger partial charge in [0.25, 0.3) is 5.91 Å². The summed E-state index contributed by atoms with van der Waals surface area (Å²) in [6, 6.07) is 15.6. The molecule has 1 aliphatic heterocycles. The maximum absolute atomic E-state index is 12.9. The van der Waals surface area contributed by atoms with Gasteiger partial charge in [0.2, 0.25) is 0 Å². The number of benzene rings is 2. The van der Waals surface area contributed by atoms with E-state index in [0.29, 0.717) is 38.1 Å². The smallest absolute Gasteiger partial charge is 0.309 e. The van der Waals surface area contributed by atoms with Crippen molar-refractivity contribution >= 4 is 22.9 Å². The number of imidazole rings is 1. The minimum Gasteiger partial charge on any atom is -0.466 e. The summed E-state index contributed by atoms with van der Waals surface area (Å²) in [5.74, 6) is -0.269. The van der Waals surface area contributed by atoms with Crippen LogP contribution in [0, 0.1) is 5.92 Å². The number of aromatic nitrogens is 2. The number of amides is 1. The van der Waals surface area contributed by atoms with E-state index in [0.717, 1.165) is 16.7 Å². The van der Waals surface area contributed by atoms with Gasteiger partial charge in [0.15, 0.2) is 0 Å². The number of para-hydroxylation sites is 1. The van der Waals surface area contributed by atoms with E-state index < -0.39 is 0 Å². The van der Waals surface area contributed by atoms with E-state index in [2.05, 4.69) is 4.98 Å². The Morgan fingerprint density at radius 2 is 1.86 bits per heavy atom. The molecule has 1 saturated heterocycles. The monoisotopic (exact) mass is 377 g/mol. The lowest BCUT2D eigenvalue weighted by Gasteiger charge is -2.31. The fraction of sp³-hybridized carbons (Fsp3) is 0.318. The maximum Gasteiger partial charge on any atom is 0.309 e. The summed E-state index contributed by atoms with van der Waals surface area (Å²) in [6.45, 7) is 3.34. The van der Waals surface area contributed by atoms with Gasteiger partial charge < -0.3 is 9.64 Å². The third-order valence-electron chi connectivity index (χ3n) is 5.23. The fourth-order valence-corrected chi connectivity index (χ4v) is 3.70. The predicted molar refractivity (Wildman–Crippen MR) is 106 cm³/mol. The summed E-state index contributed by atoms with van der Waals surface area (Å²) in [4.78, 5) is 31.1. The molecule has 2 aromatic carbocycles. The van der Waals surface area contributed by atoms with Crippen molar-refractivity contribution < 1.29 is 14.3 Å². The third kappa shape index (κ3) is 3.50. The minimum absolute atomic E-state index is 0.0153. The molecule has 6 nitrogen and oxygen atoms in total. The second-order valence-corrected chi connectivity index (χ2v) is 6.97. The van der Waals surface area contributed by atoms with Crippen LogP contribution in [0.25, 0.3) is 16.7 Å². The number of rotatable bonds is 4. The standard InChI is InChI=1S/C22H23N3O3/c1-2-28-22(27)16-10-12-24(13-11-16)21(26)17-8-9-20-19(14-17)23-15-25(20)18-6-4-3-5-7-18/h3-9,14-16H,2,10-13H2,1H3. The van der Waals surface area contributed by atoms with Crippen molar-refractivity contribution in [1.29, 1.82) is 0 Å². The lowest BCUT2D eigenvalue weighted by atomic mass is 9.96. The Balaban J connectivity index is 1.49. The molecule has 0 aliphatic carbocycles. The molecule has 0 bridgehead atoms. The van der Waals surface area contributed by atoms with E-state index >= 15 is 0 Å². The van der Waals surface area contributed by atoms with E-state index in [1.807, 2.05) is 64.9 Å². The molecule has 2 heterocycles. The molecular weight excluding hydrogens is 354 g/mol. The number of esters is 1. The maximum atomic E-state index is 12.9. The molecule has 3 aromatic rings. The van der Waals surface area contributed by atoms with Crippen LogP contribution in [0.5, 0.6) is 0 Å². The summed E-state index contributed by atoms with van der Waals surface area (Å²) >= 11 is 0. The van der Waals surface area contributed by atoms with Crippen LogP contribution in [0.4, 0.5) is 0 Å². The van der Waals surface area contributed by atoms with Crippen molar-refractivity contribution in [3.05, 3.63) is 60.4 Å². The average Bonchev–Trinajstić information content (AvgIpc) is 3.17. The van der Waals surface area contributed by atoms with Gasteiger partial charge in [-0.3, -0.25) is 14.2 Å². The Morgan fingerprint density at radius 3 is 2.57 bits per heavy atom. The molecule has 4 rings (SSSR count). The second kappa shape index (κ2) is 7.84. The molecule has 144 valence electrons. The summed E-state index contributed by atoms with van der Waals surface area (Å²) in [7, 11) is 0. The van der Waals surface area contributed by atoms with Crippen LogP contribution in [0.2, 0.25) is 0 Å². The number of likely N-dealkylation sites (tertiary alicyclic amines) is 1. The molecular formula is C22H23N3O3. The van der Waals surface area contributed by atoms with Crippen molar-refractivity contribution in [1.82, 2.24) is 14.5 Å². The summed E-state index contributed by atoms with van der Waals surface area (Å²) in [5.41, 5.74) is 3.41. The SMILES string of the molecule is CCOC(=O)C1CCN(C(=O)c2ccc3c(c2)ncn3-c2ccccc2)CC1. The first kappa shape index (κ1) is 18.2. The Kier molecular flexibility index (Phi) is 5.10. The van der Waals surface area contributed by atoms with Crippen LogP contribution in [-0.2, 0) is 9.53 Å². The van der Waals surface area contributed by atoms with Crippen LogP contribution < -0.4 is 0 Å². The van der Waals surface area contributed by atoms with Gasteiger partial charge in [0, 0.05) is 24.3 Å². The Morgan fingerprint density at radius 1 is 1.11 bits per heavy atom. The van der Waals surface area contributed by atoms with E-state index in [4.69, 9.17) is 4.74 Å². The third-order valence-corrected chi connectivity index (χ3v) is 5.23. The highest BCUT2D eigenvalue weighted by molar-refractivity contribution is 5.97. The predicted octanol–water partition coefficient (Wildman–Crippen LogP) is 3.44. The molecule has 0 saturated carbocycles. The van der Waals surface area contributed by atoms with Gasteiger partial charge >= 0.3 is 5.97 Å².